The number of carbonyl (C=O) groups excluding carboxylic acids is 1. The Morgan fingerprint density at radius 3 is 2.50 bits per heavy atom. The van der Waals surface area contributed by atoms with Crippen LogP contribution in [-0.2, 0) is 9.53 Å². The van der Waals surface area contributed by atoms with E-state index >= 15 is 0 Å². The quantitative estimate of drug-likeness (QED) is 0.678. The third kappa shape index (κ3) is 2.53. The van der Waals surface area contributed by atoms with Crippen molar-refractivity contribution in [2.45, 2.75) is 6.23 Å². The third-order valence-corrected chi connectivity index (χ3v) is 3.37. The molecular weight excluding hydrogens is 274 g/mol. The van der Waals surface area contributed by atoms with Crippen LogP contribution in [0.15, 0.2) is 60.3 Å². The van der Waals surface area contributed by atoms with Crippen LogP contribution in [0.5, 0.6) is 0 Å². The van der Waals surface area contributed by atoms with Crippen LogP contribution in [0.1, 0.15) is 17.4 Å². The molecule has 20 heavy (non-hydrogen) atoms. The molecule has 1 fully saturated rings. The Hall–Kier alpha value is -2.26. The van der Waals surface area contributed by atoms with Gasteiger partial charge in [-0.3, -0.25) is 0 Å². The maximum absolute atomic E-state index is 11.9. The molecular formula is C16H12ClNO2. The van der Waals surface area contributed by atoms with Gasteiger partial charge in [0, 0.05) is 10.6 Å². The van der Waals surface area contributed by atoms with Crippen LogP contribution in [0.3, 0.4) is 0 Å². The highest BCUT2D eigenvalue weighted by molar-refractivity contribution is 6.31. The minimum Gasteiger partial charge on any atom is -0.433 e. The molecule has 0 aliphatic carbocycles. The zero-order chi connectivity index (χ0) is 13.9. The minimum absolute atomic E-state index is 0.376. The van der Waals surface area contributed by atoms with Crippen molar-refractivity contribution < 1.29 is 9.53 Å². The Labute approximate surface area is 121 Å². The second-order valence-electron chi connectivity index (χ2n) is 4.42. The first kappa shape index (κ1) is 12.8. The molecule has 1 aliphatic rings. The summed E-state index contributed by atoms with van der Waals surface area (Å²) in [7, 11) is 0. The minimum atomic E-state index is -0.536. The molecule has 0 saturated carbocycles. The highest BCUT2D eigenvalue weighted by atomic mass is 35.5. The van der Waals surface area contributed by atoms with E-state index in [2.05, 4.69) is 5.32 Å². The summed E-state index contributed by atoms with van der Waals surface area (Å²) in [6.45, 7) is 0. The van der Waals surface area contributed by atoms with E-state index in [4.69, 9.17) is 16.3 Å². The molecule has 4 heteroatoms. The van der Waals surface area contributed by atoms with Crippen molar-refractivity contribution in [3.05, 3.63) is 76.4 Å². The second kappa shape index (κ2) is 5.39. The van der Waals surface area contributed by atoms with Crippen molar-refractivity contribution in [2.24, 2.45) is 0 Å². The molecule has 2 aromatic rings. The summed E-state index contributed by atoms with van der Waals surface area (Å²) < 4.78 is 5.31. The van der Waals surface area contributed by atoms with Crippen LogP contribution in [0.2, 0.25) is 5.02 Å². The van der Waals surface area contributed by atoms with Gasteiger partial charge in [0.05, 0.1) is 0 Å². The molecule has 0 aromatic heterocycles. The van der Waals surface area contributed by atoms with Gasteiger partial charge in [0.15, 0.2) is 0 Å². The van der Waals surface area contributed by atoms with Gasteiger partial charge in [-0.15, -0.1) is 0 Å². The number of halogens is 1. The number of rotatable bonds is 2. The number of ether oxygens (including phenoxy) is 1. The zero-order valence-electron chi connectivity index (χ0n) is 10.5. The van der Waals surface area contributed by atoms with Gasteiger partial charge in [0.25, 0.3) is 0 Å². The van der Waals surface area contributed by atoms with Gasteiger partial charge in [0.1, 0.15) is 5.70 Å². The van der Waals surface area contributed by atoms with Crippen LogP contribution in [-0.4, -0.2) is 5.97 Å². The van der Waals surface area contributed by atoms with Crippen LogP contribution in [0.25, 0.3) is 6.08 Å². The molecule has 0 spiro atoms. The predicted octanol–water partition coefficient (Wildman–Crippen LogP) is 3.53. The van der Waals surface area contributed by atoms with Gasteiger partial charge >= 0.3 is 5.97 Å². The lowest BCUT2D eigenvalue weighted by Crippen LogP contribution is -2.13. The van der Waals surface area contributed by atoms with Crippen molar-refractivity contribution in [3.8, 4) is 0 Å². The summed E-state index contributed by atoms with van der Waals surface area (Å²) in [5.74, 6) is -0.376. The molecule has 1 aliphatic heterocycles. The molecule has 1 heterocycles. The van der Waals surface area contributed by atoms with Crippen LogP contribution < -0.4 is 5.32 Å². The molecule has 1 atom stereocenters. The number of nitrogens with one attached hydrogen (secondary N) is 1. The van der Waals surface area contributed by atoms with E-state index in [1.807, 2.05) is 48.5 Å². The van der Waals surface area contributed by atoms with E-state index in [0.717, 1.165) is 11.1 Å². The van der Waals surface area contributed by atoms with Crippen LogP contribution >= 0.6 is 11.6 Å². The molecule has 0 amide bonds. The van der Waals surface area contributed by atoms with E-state index in [0.29, 0.717) is 10.7 Å². The van der Waals surface area contributed by atoms with Crippen LogP contribution in [0, 0.1) is 0 Å². The highest BCUT2D eigenvalue weighted by Crippen LogP contribution is 2.29. The number of hydrogen-bond donors (Lipinski definition) is 1. The standard InChI is InChI=1S/C16H12ClNO2/c17-13-9-5-4-8-12(13)15-18-14(16(19)20-15)10-11-6-2-1-3-7-11/h1-10,15,18H/b14-10+/t15-/m1/s1. The smallest absolute Gasteiger partial charge is 0.356 e. The predicted molar refractivity (Wildman–Crippen MR) is 77.8 cm³/mol. The van der Waals surface area contributed by atoms with Gasteiger partial charge in [-0.2, -0.15) is 0 Å². The number of hydrogen-bond acceptors (Lipinski definition) is 3. The molecule has 0 unspecified atom stereocenters. The second-order valence-corrected chi connectivity index (χ2v) is 4.83. The highest BCUT2D eigenvalue weighted by Gasteiger charge is 2.30. The molecule has 1 N–H and O–H groups in total. The first-order chi connectivity index (χ1) is 9.74. The van der Waals surface area contributed by atoms with Gasteiger partial charge in [-0.1, -0.05) is 60.1 Å². The topological polar surface area (TPSA) is 38.3 Å². The maximum atomic E-state index is 11.9. The Morgan fingerprint density at radius 1 is 1.05 bits per heavy atom. The van der Waals surface area contributed by atoms with Crippen molar-refractivity contribution >= 4 is 23.6 Å². The summed E-state index contributed by atoms with van der Waals surface area (Å²) in [4.78, 5) is 11.9. The Bertz CT molecular complexity index is 667. The molecule has 100 valence electrons. The van der Waals surface area contributed by atoms with Crippen molar-refractivity contribution in [2.75, 3.05) is 0 Å². The van der Waals surface area contributed by atoms with Gasteiger partial charge in [0.2, 0.25) is 6.23 Å². The van der Waals surface area contributed by atoms with Gasteiger partial charge in [-0.05, 0) is 17.7 Å². The summed E-state index contributed by atoms with van der Waals surface area (Å²) in [6, 6.07) is 16.9. The Balaban J connectivity index is 1.86. The summed E-state index contributed by atoms with van der Waals surface area (Å²) in [5, 5.41) is 3.62. The van der Waals surface area contributed by atoms with Crippen molar-refractivity contribution in [3.63, 3.8) is 0 Å². The molecule has 2 aromatic carbocycles. The summed E-state index contributed by atoms with van der Waals surface area (Å²) in [6.07, 6.45) is 1.23. The number of esters is 1. The monoisotopic (exact) mass is 285 g/mol. The summed E-state index contributed by atoms with van der Waals surface area (Å²) >= 11 is 6.11. The number of benzene rings is 2. The largest absolute Gasteiger partial charge is 0.433 e. The fraction of sp³-hybridized carbons (Fsp3) is 0.0625. The molecule has 0 bridgehead atoms. The molecule has 1 saturated heterocycles. The van der Waals surface area contributed by atoms with Crippen molar-refractivity contribution in [1.82, 2.24) is 5.32 Å². The molecule has 3 rings (SSSR count). The van der Waals surface area contributed by atoms with Gasteiger partial charge < -0.3 is 10.1 Å². The fourth-order valence-electron chi connectivity index (χ4n) is 2.05. The van der Waals surface area contributed by atoms with Crippen LogP contribution in [0.4, 0.5) is 0 Å². The molecule has 3 nitrogen and oxygen atoms in total. The Morgan fingerprint density at radius 2 is 1.75 bits per heavy atom. The third-order valence-electron chi connectivity index (χ3n) is 3.03. The van der Waals surface area contributed by atoms with E-state index in [-0.39, 0.29) is 5.97 Å². The van der Waals surface area contributed by atoms with Gasteiger partial charge in [-0.25, -0.2) is 4.79 Å². The lowest BCUT2D eigenvalue weighted by Gasteiger charge is -2.11. The Kier molecular flexibility index (Phi) is 3.44. The van der Waals surface area contributed by atoms with E-state index in [9.17, 15) is 4.79 Å². The normalized spacial score (nSPS) is 19.8. The zero-order valence-corrected chi connectivity index (χ0v) is 11.3. The lowest BCUT2D eigenvalue weighted by molar-refractivity contribution is -0.139. The number of carbonyl (C=O) groups is 1. The fourth-order valence-corrected chi connectivity index (χ4v) is 2.28. The average molecular weight is 286 g/mol. The van der Waals surface area contributed by atoms with Crippen molar-refractivity contribution in [1.29, 1.82) is 0 Å². The molecule has 0 radical (unpaired) electrons. The first-order valence-electron chi connectivity index (χ1n) is 6.23. The SMILES string of the molecule is O=C1O[C@H](c2ccccc2Cl)N/C1=C/c1ccccc1. The van der Waals surface area contributed by atoms with E-state index in [1.54, 1.807) is 12.1 Å². The maximum Gasteiger partial charge on any atom is 0.356 e. The summed E-state index contributed by atoms with van der Waals surface area (Å²) in [5.41, 5.74) is 2.12. The lowest BCUT2D eigenvalue weighted by atomic mass is 10.2. The number of cyclic esters (lactones) is 1. The average Bonchev–Trinajstić information content (AvgIpc) is 2.81. The van der Waals surface area contributed by atoms with E-state index < -0.39 is 6.23 Å². The first-order valence-corrected chi connectivity index (χ1v) is 6.60. The van der Waals surface area contributed by atoms with E-state index in [1.165, 1.54) is 0 Å².